The molecule has 0 aromatic carbocycles. The summed E-state index contributed by atoms with van der Waals surface area (Å²) in [5.41, 5.74) is 0.924. The lowest BCUT2D eigenvalue weighted by Crippen LogP contribution is -2.31. The predicted molar refractivity (Wildman–Crippen MR) is 67.9 cm³/mol. The van der Waals surface area contributed by atoms with Crippen LogP contribution in [0, 0.1) is 0 Å². The Hall–Kier alpha value is -2.15. The van der Waals surface area contributed by atoms with Crippen molar-refractivity contribution in [3.05, 3.63) is 23.5 Å². The molecule has 1 aromatic rings. The van der Waals surface area contributed by atoms with Gasteiger partial charge in [0.25, 0.3) is 0 Å². The maximum absolute atomic E-state index is 11.3. The van der Waals surface area contributed by atoms with Gasteiger partial charge in [0.1, 0.15) is 5.75 Å². The SMILES string of the molecule is CNC(=O)CNCc1cnc(C(=O)OC)cc1OC. The first-order valence-electron chi connectivity index (χ1n) is 5.65. The Morgan fingerprint density at radius 1 is 1.37 bits per heavy atom. The van der Waals surface area contributed by atoms with Crippen LogP contribution in [0.1, 0.15) is 16.1 Å². The Morgan fingerprint density at radius 3 is 2.68 bits per heavy atom. The van der Waals surface area contributed by atoms with Gasteiger partial charge in [-0.15, -0.1) is 0 Å². The Kier molecular flexibility index (Phi) is 5.74. The summed E-state index contributed by atoms with van der Waals surface area (Å²) in [5, 5.41) is 5.44. The van der Waals surface area contributed by atoms with E-state index in [1.165, 1.54) is 26.5 Å². The standard InChI is InChI=1S/C12H17N3O4/c1-13-11(16)7-14-5-8-6-15-9(12(17)19-3)4-10(8)18-2/h4,6,14H,5,7H2,1-3H3,(H,13,16). The lowest BCUT2D eigenvalue weighted by atomic mass is 10.2. The van der Waals surface area contributed by atoms with E-state index in [0.29, 0.717) is 12.3 Å². The number of hydrogen-bond acceptors (Lipinski definition) is 6. The van der Waals surface area contributed by atoms with Crippen LogP contribution in [0.4, 0.5) is 0 Å². The first-order chi connectivity index (χ1) is 9.12. The molecule has 0 radical (unpaired) electrons. The zero-order chi connectivity index (χ0) is 14.3. The zero-order valence-corrected chi connectivity index (χ0v) is 11.1. The van der Waals surface area contributed by atoms with E-state index < -0.39 is 5.97 Å². The average molecular weight is 267 g/mol. The van der Waals surface area contributed by atoms with Crippen molar-refractivity contribution in [2.45, 2.75) is 6.54 Å². The summed E-state index contributed by atoms with van der Waals surface area (Å²) in [7, 11) is 4.35. The molecule has 1 heterocycles. The smallest absolute Gasteiger partial charge is 0.356 e. The Morgan fingerprint density at radius 2 is 2.11 bits per heavy atom. The van der Waals surface area contributed by atoms with E-state index in [9.17, 15) is 9.59 Å². The van der Waals surface area contributed by atoms with Gasteiger partial charge in [-0.1, -0.05) is 0 Å². The molecular formula is C12H17N3O4. The summed E-state index contributed by atoms with van der Waals surface area (Å²) in [4.78, 5) is 26.4. The number of methoxy groups -OCH3 is 2. The molecule has 7 nitrogen and oxygen atoms in total. The van der Waals surface area contributed by atoms with Crippen LogP contribution in [0.25, 0.3) is 0 Å². The minimum Gasteiger partial charge on any atom is -0.496 e. The van der Waals surface area contributed by atoms with Gasteiger partial charge in [0.05, 0.1) is 20.8 Å². The molecule has 1 amide bonds. The van der Waals surface area contributed by atoms with Crippen LogP contribution in [0.5, 0.6) is 5.75 Å². The van der Waals surface area contributed by atoms with Gasteiger partial charge in [0, 0.05) is 31.4 Å². The Labute approximate surface area is 111 Å². The molecule has 0 bridgehead atoms. The number of esters is 1. The van der Waals surface area contributed by atoms with Gasteiger partial charge in [0.15, 0.2) is 5.69 Å². The van der Waals surface area contributed by atoms with Crippen LogP contribution in [0.3, 0.4) is 0 Å². The number of nitrogens with zero attached hydrogens (tertiary/aromatic N) is 1. The lowest BCUT2D eigenvalue weighted by Gasteiger charge is -2.10. The molecule has 0 aliphatic rings. The summed E-state index contributed by atoms with van der Waals surface area (Å²) < 4.78 is 9.75. The van der Waals surface area contributed by atoms with Crippen molar-refractivity contribution in [3.8, 4) is 5.75 Å². The number of carbonyl (C=O) groups excluding carboxylic acids is 2. The van der Waals surface area contributed by atoms with Crippen LogP contribution in [0.15, 0.2) is 12.3 Å². The maximum atomic E-state index is 11.3. The van der Waals surface area contributed by atoms with Crippen molar-refractivity contribution < 1.29 is 19.1 Å². The van der Waals surface area contributed by atoms with E-state index in [-0.39, 0.29) is 18.1 Å². The molecule has 0 unspecified atom stereocenters. The van der Waals surface area contributed by atoms with Crippen LogP contribution < -0.4 is 15.4 Å². The van der Waals surface area contributed by atoms with E-state index in [2.05, 4.69) is 20.4 Å². The van der Waals surface area contributed by atoms with E-state index in [1.807, 2.05) is 0 Å². The highest BCUT2D eigenvalue weighted by molar-refractivity contribution is 5.87. The first kappa shape index (κ1) is 14.9. The highest BCUT2D eigenvalue weighted by atomic mass is 16.5. The topological polar surface area (TPSA) is 89.6 Å². The molecule has 0 aliphatic carbocycles. The van der Waals surface area contributed by atoms with E-state index in [1.54, 1.807) is 7.05 Å². The maximum Gasteiger partial charge on any atom is 0.356 e. The molecule has 0 saturated heterocycles. The number of nitrogens with one attached hydrogen (secondary N) is 2. The van der Waals surface area contributed by atoms with Crippen molar-refractivity contribution in [1.82, 2.24) is 15.6 Å². The highest BCUT2D eigenvalue weighted by Gasteiger charge is 2.12. The fourth-order valence-electron chi connectivity index (χ4n) is 1.40. The second-order valence-electron chi connectivity index (χ2n) is 3.65. The normalized spacial score (nSPS) is 9.84. The summed E-state index contributed by atoms with van der Waals surface area (Å²) >= 11 is 0. The predicted octanol–water partition coefficient (Wildman–Crippen LogP) is -0.288. The van der Waals surface area contributed by atoms with Crippen molar-refractivity contribution in [3.63, 3.8) is 0 Å². The zero-order valence-electron chi connectivity index (χ0n) is 11.1. The molecule has 2 N–H and O–H groups in total. The van der Waals surface area contributed by atoms with Crippen LogP contribution >= 0.6 is 0 Å². The van der Waals surface area contributed by atoms with Crippen LogP contribution in [0.2, 0.25) is 0 Å². The second kappa shape index (κ2) is 7.32. The molecule has 0 saturated carbocycles. The third-order valence-electron chi connectivity index (χ3n) is 2.44. The number of pyridine rings is 1. The van der Waals surface area contributed by atoms with Gasteiger partial charge in [-0.25, -0.2) is 9.78 Å². The van der Waals surface area contributed by atoms with Crippen molar-refractivity contribution in [1.29, 1.82) is 0 Å². The minimum atomic E-state index is -0.525. The van der Waals surface area contributed by atoms with Gasteiger partial charge in [0.2, 0.25) is 5.91 Å². The summed E-state index contributed by atoms with van der Waals surface area (Å²) in [5.74, 6) is -0.124. The molecule has 7 heteroatoms. The van der Waals surface area contributed by atoms with Gasteiger partial charge >= 0.3 is 5.97 Å². The third-order valence-corrected chi connectivity index (χ3v) is 2.44. The Bertz CT molecular complexity index is 462. The Balaban J connectivity index is 2.73. The van der Waals surface area contributed by atoms with Gasteiger partial charge in [-0.05, 0) is 0 Å². The van der Waals surface area contributed by atoms with Crippen molar-refractivity contribution in [2.75, 3.05) is 27.8 Å². The second-order valence-corrected chi connectivity index (χ2v) is 3.65. The van der Waals surface area contributed by atoms with Gasteiger partial charge in [-0.3, -0.25) is 4.79 Å². The first-order valence-corrected chi connectivity index (χ1v) is 5.65. The largest absolute Gasteiger partial charge is 0.496 e. The lowest BCUT2D eigenvalue weighted by molar-refractivity contribution is -0.119. The number of likely N-dealkylation sites (N-methyl/N-ethyl adjacent to an activating group) is 1. The summed E-state index contributed by atoms with van der Waals surface area (Å²) in [6.45, 7) is 0.601. The average Bonchev–Trinajstić information content (AvgIpc) is 2.46. The van der Waals surface area contributed by atoms with E-state index in [0.717, 1.165) is 5.56 Å². The molecule has 0 aliphatic heterocycles. The number of hydrogen-bond donors (Lipinski definition) is 2. The van der Waals surface area contributed by atoms with E-state index in [4.69, 9.17) is 4.74 Å². The fourth-order valence-corrected chi connectivity index (χ4v) is 1.40. The van der Waals surface area contributed by atoms with Crippen molar-refractivity contribution in [2.24, 2.45) is 0 Å². The van der Waals surface area contributed by atoms with Crippen LogP contribution in [-0.2, 0) is 16.1 Å². The molecule has 0 fully saturated rings. The minimum absolute atomic E-state index is 0.113. The molecule has 0 spiro atoms. The number of ether oxygens (including phenoxy) is 2. The van der Waals surface area contributed by atoms with Gasteiger partial charge < -0.3 is 20.1 Å². The molecule has 104 valence electrons. The van der Waals surface area contributed by atoms with Crippen LogP contribution in [-0.4, -0.2) is 44.7 Å². The molecule has 0 atom stereocenters. The quantitative estimate of drug-likeness (QED) is 0.689. The highest BCUT2D eigenvalue weighted by Crippen LogP contribution is 2.18. The number of rotatable bonds is 6. The molecule has 1 aromatic heterocycles. The molecule has 1 rings (SSSR count). The summed E-state index contributed by atoms with van der Waals surface area (Å²) in [6, 6.07) is 1.50. The molecular weight excluding hydrogens is 250 g/mol. The third kappa shape index (κ3) is 4.22. The number of amides is 1. The number of carbonyl (C=O) groups is 2. The van der Waals surface area contributed by atoms with E-state index >= 15 is 0 Å². The van der Waals surface area contributed by atoms with Gasteiger partial charge in [-0.2, -0.15) is 0 Å². The summed E-state index contributed by atoms with van der Waals surface area (Å²) in [6.07, 6.45) is 1.52. The number of aromatic nitrogens is 1. The fraction of sp³-hybridized carbons (Fsp3) is 0.417. The monoisotopic (exact) mass is 267 g/mol. The van der Waals surface area contributed by atoms with Crippen molar-refractivity contribution >= 4 is 11.9 Å². The molecule has 19 heavy (non-hydrogen) atoms.